The van der Waals surface area contributed by atoms with Gasteiger partial charge in [-0.2, -0.15) is 4.39 Å². The van der Waals surface area contributed by atoms with Crippen molar-refractivity contribution >= 4 is 34.1 Å². The number of halogens is 1. The predicted molar refractivity (Wildman–Crippen MR) is 165 cm³/mol. The number of carbonyl (C=O) groups excluding carboxylic acids is 1. The molecule has 12 nitrogen and oxygen atoms in total. The number of carbonyl (C=O) groups is 2. The molecule has 2 amide bonds. The van der Waals surface area contributed by atoms with Crippen LogP contribution in [0.25, 0.3) is 33.6 Å². The molecule has 0 saturated heterocycles. The highest BCUT2D eigenvalue weighted by atomic mass is 19.1. The second-order valence-electron chi connectivity index (χ2n) is 12.3. The van der Waals surface area contributed by atoms with Crippen molar-refractivity contribution in [2.45, 2.75) is 51.7 Å². The molecule has 0 unspecified atom stereocenters. The summed E-state index contributed by atoms with van der Waals surface area (Å²) in [6.07, 6.45) is 4.63. The minimum atomic E-state index is -1.12. The number of amides is 2. The molecule has 1 saturated carbocycles. The standard InChI is InChI=1S/C32H35FN8O4/c1-18(35-32(43)44)13-39-10-9-23-22(31(39)42)12-24-29(36-23)38(3)30(37-24)25-11-21-5-4-6-26(28(21)41(25)14-20-7-8-20)45-16-19(2)40-15-27(33)34-17-40/h4-6,11-12,15,17-20,35H,7-10,13-14,16H2,1-3H3,(H,43,44)/t18-,19-/m1/s1. The van der Waals surface area contributed by atoms with E-state index in [1.165, 1.54) is 25.4 Å². The van der Waals surface area contributed by atoms with E-state index in [0.29, 0.717) is 42.2 Å². The van der Waals surface area contributed by atoms with Gasteiger partial charge in [-0.05, 0) is 50.8 Å². The number of nitrogens with one attached hydrogen (secondary N) is 1. The maximum atomic E-state index is 13.5. The Kier molecular flexibility index (Phi) is 7.17. The first kappa shape index (κ1) is 28.8. The summed E-state index contributed by atoms with van der Waals surface area (Å²) in [6, 6.07) is 9.43. The van der Waals surface area contributed by atoms with Gasteiger partial charge >= 0.3 is 6.09 Å². The van der Waals surface area contributed by atoms with Crippen LogP contribution < -0.4 is 10.1 Å². The van der Waals surface area contributed by atoms with Crippen LogP contribution in [0.3, 0.4) is 0 Å². The lowest BCUT2D eigenvalue weighted by atomic mass is 10.0. The number of ether oxygens (including phenoxy) is 1. The molecule has 0 spiro atoms. The van der Waals surface area contributed by atoms with Crippen molar-refractivity contribution in [3.63, 3.8) is 0 Å². The van der Waals surface area contributed by atoms with Crippen molar-refractivity contribution in [3.05, 3.63) is 60.1 Å². The average molecular weight is 615 g/mol. The van der Waals surface area contributed by atoms with E-state index in [0.717, 1.165) is 40.4 Å². The Morgan fingerprint density at radius 2 is 2.04 bits per heavy atom. The van der Waals surface area contributed by atoms with Gasteiger partial charge in [0.1, 0.15) is 17.9 Å². The monoisotopic (exact) mass is 614 g/mol. The van der Waals surface area contributed by atoms with Gasteiger partial charge in [0, 0.05) is 44.5 Å². The molecule has 45 heavy (non-hydrogen) atoms. The number of fused-ring (bicyclic) bond motifs is 3. The van der Waals surface area contributed by atoms with E-state index in [-0.39, 0.29) is 18.5 Å². The van der Waals surface area contributed by atoms with Crippen LogP contribution in [0.5, 0.6) is 5.75 Å². The van der Waals surface area contributed by atoms with Crippen LogP contribution in [0.15, 0.2) is 42.9 Å². The largest absolute Gasteiger partial charge is 0.489 e. The van der Waals surface area contributed by atoms with E-state index in [1.54, 1.807) is 16.4 Å². The third-order valence-corrected chi connectivity index (χ3v) is 8.73. The van der Waals surface area contributed by atoms with Crippen molar-refractivity contribution in [1.82, 2.24) is 38.9 Å². The molecule has 2 aliphatic rings. The first-order chi connectivity index (χ1) is 21.7. The second kappa shape index (κ2) is 11.2. The number of para-hydroxylation sites is 1. The number of nitrogens with zero attached hydrogens (tertiary/aromatic N) is 7. The van der Waals surface area contributed by atoms with Crippen LogP contribution in [0.2, 0.25) is 0 Å². The highest BCUT2D eigenvalue weighted by molar-refractivity contribution is 5.99. The number of rotatable bonds is 10. The molecule has 0 bridgehead atoms. The Balaban J connectivity index is 1.24. The zero-order valence-corrected chi connectivity index (χ0v) is 25.4. The van der Waals surface area contributed by atoms with Gasteiger partial charge in [0.25, 0.3) is 5.91 Å². The molecule has 2 N–H and O–H groups in total. The number of carboxylic acid groups (broad SMARTS) is 1. The lowest BCUT2D eigenvalue weighted by Crippen LogP contribution is -2.46. The van der Waals surface area contributed by atoms with Crippen molar-refractivity contribution in [1.29, 1.82) is 0 Å². The number of aromatic nitrogens is 6. The first-order valence-corrected chi connectivity index (χ1v) is 15.3. The molecular weight excluding hydrogens is 579 g/mol. The molecule has 1 aliphatic heterocycles. The molecule has 4 aromatic heterocycles. The number of imidazole rings is 2. The fourth-order valence-electron chi connectivity index (χ4n) is 6.22. The van der Waals surface area contributed by atoms with Crippen LogP contribution in [-0.4, -0.2) is 76.4 Å². The van der Waals surface area contributed by atoms with Gasteiger partial charge in [0.2, 0.25) is 5.95 Å². The number of hydrogen-bond acceptors (Lipinski definition) is 6. The van der Waals surface area contributed by atoms with Crippen LogP contribution in [0.4, 0.5) is 9.18 Å². The van der Waals surface area contributed by atoms with Gasteiger partial charge in [-0.3, -0.25) is 4.79 Å². The lowest BCUT2D eigenvalue weighted by molar-refractivity contribution is 0.0722. The van der Waals surface area contributed by atoms with Gasteiger partial charge in [0.15, 0.2) is 11.5 Å². The molecule has 7 rings (SSSR count). The van der Waals surface area contributed by atoms with Crippen LogP contribution in [0.1, 0.15) is 48.8 Å². The van der Waals surface area contributed by atoms with Crippen molar-refractivity contribution in [2.24, 2.45) is 13.0 Å². The quantitative estimate of drug-likeness (QED) is 0.234. The minimum absolute atomic E-state index is 0.115. The molecule has 13 heteroatoms. The summed E-state index contributed by atoms with van der Waals surface area (Å²) in [5, 5.41) is 12.5. The van der Waals surface area contributed by atoms with E-state index in [4.69, 9.17) is 19.8 Å². The van der Waals surface area contributed by atoms with Crippen LogP contribution >= 0.6 is 0 Å². The summed E-state index contributed by atoms with van der Waals surface area (Å²) in [5.41, 5.74) is 4.47. The summed E-state index contributed by atoms with van der Waals surface area (Å²) >= 11 is 0. The van der Waals surface area contributed by atoms with Crippen molar-refractivity contribution in [2.75, 3.05) is 19.7 Å². The topological polar surface area (TPSA) is 132 Å². The molecule has 5 heterocycles. The molecule has 1 aliphatic carbocycles. The fraction of sp³-hybridized carbons (Fsp3) is 0.406. The van der Waals surface area contributed by atoms with Gasteiger partial charge < -0.3 is 33.8 Å². The van der Waals surface area contributed by atoms with Crippen molar-refractivity contribution in [3.8, 4) is 17.3 Å². The summed E-state index contributed by atoms with van der Waals surface area (Å²) in [6.45, 7) is 5.61. The Bertz CT molecular complexity index is 1940. The van der Waals surface area contributed by atoms with E-state index < -0.39 is 18.1 Å². The van der Waals surface area contributed by atoms with E-state index in [1.807, 2.05) is 36.7 Å². The zero-order chi connectivity index (χ0) is 31.4. The Hall–Kier alpha value is -4.94. The highest BCUT2D eigenvalue weighted by Crippen LogP contribution is 2.39. The summed E-state index contributed by atoms with van der Waals surface area (Å²) in [4.78, 5) is 39.7. The molecular formula is C32H35FN8O4. The Morgan fingerprint density at radius 1 is 1.22 bits per heavy atom. The van der Waals surface area contributed by atoms with Crippen LogP contribution in [0, 0.1) is 11.9 Å². The number of benzene rings is 1. The normalized spacial score (nSPS) is 16.3. The average Bonchev–Trinajstić information content (AvgIpc) is 3.46. The number of aryl methyl sites for hydroxylation is 1. The first-order valence-electron chi connectivity index (χ1n) is 15.3. The lowest BCUT2D eigenvalue weighted by Gasteiger charge is -2.30. The van der Waals surface area contributed by atoms with Gasteiger partial charge in [0.05, 0.1) is 41.0 Å². The summed E-state index contributed by atoms with van der Waals surface area (Å²) in [5.74, 6) is 1.37. The number of hydrogen-bond donors (Lipinski definition) is 2. The van der Waals surface area contributed by atoms with E-state index in [2.05, 4.69) is 27.0 Å². The Morgan fingerprint density at radius 3 is 2.78 bits per heavy atom. The third-order valence-electron chi connectivity index (χ3n) is 8.73. The molecule has 2 atom stereocenters. The van der Waals surface area contributed by atoms with Gasteiger partial charge in [-0.1, -0.05) is 12.1 Å². The molecule has 1 fully saturated rings. The predicted octanol–water partition coefficient (Wildman–Crippen LogP) is 4.63. The fourth-order valence-corrected chi connectivity index (χ4v) is 6.22. The second-order valence-corrected chi connectivity index (χ2v) is 12.3. The molecule has 0 radical (unpaired) electrons. The minimum Gasteiger partial charge on any atom is -0.489 e. The SMILES string of the molecule is C[C@H](CN1CCc2nc3c(cc2C1=O)nc(-c1cc2cccc(OC[C@@H](C)n4cnc(F)c4)c2n1CC1CC1)n3C)NC(=O)O. The summed E-state index contributed by atoms with van der Waals surface area (Å²) < 4.78 is 25.8. The smallest absolute Gasteiger partial charge is 0.404 e. The third kappa shape index (κ3) is 5.47. The molecule has 234 valence electrons. The molecule has 1 aromatic carbocycles. The van der Waals surface area contributed by atoms with Gasteiger partial charge in [-0.25, -0.2) is 19.7 Å². The maximum absolute atomic E-state index is 13.5. The van der Waals surface area contributed by atoms with Gasteiger partial charge in [-0.15, -0.1) is 0 Å². The summed E-state index contributed by atoms with van der Waals surface area (Å²) in [7, 11) is 1.95. The highest BCUT2D eigenvalue weighted by Gasteiger charge is 2.30. The maximum Gasteiger partial charge on any atom is 0.404 e. The van der Waals surface area contributed by atoms with E-state index in [9.17, 15) is 14.0 Å². The molecule has 5 aromatic rings. The Labute approximate surface area is 258 Å². The van der Waals surface area contributed by atoms with E-state index >= 15 is 0 Å². The van der Waals surface area contributed by atoms with Crippen molar-refractivity contribution < 1.29 is 23.8 Å². The zero-order valence-electron chi connectivity index (χ0n) is 25.4. The van der Waals surface area contributed by atoms with Crippen LogP contribution in [-0.2, 0) is 20.0 Å². The number of pyridine rings is 1.